The number of rotatable bonds is 0. The van der Waals surface area contributed by atoms with Crippen molar-refractivity contribution in [1.29, 1.82) is 0 Å². The lowest BCUT2D eigenvalue weighted by Crippen LogP contribution is -2.25. The van der Waals surface area contributed by atoms with Crippen LogP contribution in [0.2, 0.25) is 0 Å². The normalized spacial score (nSPS) is 14.9. The van der Waals surface area contributed by atoms with Gasteiger partial charge in [0, 0.05) is 24.7 Å². The molecule has 0 fully saturated rings. The minimum absolute atomic E-state index is 0.905. The van der Waals surface area contributed by atoms with E-state index in [4.69, 9.17) is 4.98 Å². The topological polar surface area (TPSA) is 16.1 Å². The summed E-state index contributed by atoms with van der Waals surface area (Å²) in [6.07, 6.45) is 5.91. The Balaban J connectivity index is 1.34. The highest BCUT2D eigenvalue weighted by Crippen LogP contribution is 2.56. The van der Waals surface area contributed by atoms with E-state index in [9.17, 15) is 0 Å². The molecule has 4 aliphatic rings. The number of nitrogens with zero attached hydrogens (tertiary/aromatic N) is 2. The van der Waals surface area contributed by atoms with Gasteiger partial charge in [-0.25, -0.2) is 0 Å². The fourth-order valence-electron chi connectivity index (χ4n) is 7.22. The van der Waals surface area contributed by atoms with Gasteiger partial charge in [0.25, 0.3) is 0 Å². The first-order chi connectivity index (χ1) is 17.3. The van der Waals surface area contributed by atoms with Gasteiger partial charge in [-0.2, -0.15) is 0 Å². The minimum Gasteiger partial charge on any atom is -0.308 e. The summed E-state index contributed by atoms with van der Waals surface area (Å²) < 4.78 is 0. The number of pyridine rings is 1. The lowest BCUT2D eigenvalue weighted by molar-refractivity contribution is 0.968. The predicted molar refractivity (Wildman–Crippen MR) is 141 cm³/mol. The molecule has 3 heterocycles. The van der Waals surface area contributed by atoms with Crippen LogP contribution in [0.1, 0.15) is 44.6 Å². The monoisotopic (exact) mass is 446 g/mol. The van der Waals surface area contributed by atoms with Gasteiger partial charge in [0.05, 0.1) is 17.1 Å². The Bertz CT molecular complexity index is 1750. The zero-order chi connectivity index (χ0) is 22.7. The van der Waals surface area contributed by atoms with Gasteiger partial charge in [-0.15, -0.1) is 0 Å². The summed E-state index contributed by atoms with van der Waals surface area (Å²) in [6, 6.07) is 29.5. The van der Waals surface area contributed by atoms with Crippen molar-refractivity contribution < 1.29 is 0 Å². The van der Waals surface area contributed by atoms with Crippen LogP contribution >= 0.6 is 0 Å². The van der Waals surface area contributed by atoms with Crippen LogP contribution in [0, 0.1) is 0 Å². The predicted octanol–water partition coefficient (Wildman–Crippen LogP) is 7.50. The largest absolute Gasteiger partial charge is 0.308 e. The molecule has 164 valence electrons. The summed E-state index contributed by atoms with van der Waals surface area (Å²) >= 11 is 0. The maximum Gasteiger partial charge on any atom is 0.0688 e. The minimum atomic E-state index is 0.905. The van der Waals surface area contributed by atoms with Crippen LogP contribution in [-0.2, 0) is 25.7 Å². The zero-order valence-electron chi connectivity index (χ0n) is 19.3. The number of anilines is 3. The second-order valence-electron chi connectivity index (χ2n) is 10.3. The summed E-state index contributed by atoms with van der Waals surface area (Å²) in [4.78, 5) is 7.30. The Kier molecular flexibility index (Phi) is 3.27. The van der Waals surface area contributed by atoms with Crippen molar-refractivity contribution in [3.05, 3.63) is 130 Å². The van der Waals surface area contributed by atoms with E-state index in [2.05, 4.69) is 83.8 Å². The molecule has 1 aromatic heterocycles. The molecule has 2 heteroatoms. The van der Waals surface area contributed by atoms with Gasteiger partial charge in [-0.05, 0) is 92.2 Å². The molecular formula is C33H22N2. The first-order valence-corrected chi connectivity index (χ1v) is 12.6. The molecule has 0 unspecified atom stereocenters. The Morgan fingerprint density at radius 1 is 0.543 bits per heavy atom. The fraction of sp³-hybridized carbons (Fsp3) is 0.121. The van der Waals surface area contributed by atoms with Crippen molar-refractivity contribution in [1.82, 2.24) is 4.98 Å². The van der Waals surface area contributed by atoms with Crippen LogP contribution < -0.4 is 4.90 Å². The smallest absolute Gasteiger partial charge is 0.0688 e. The lowest BCUT2D eigenvalue weighted by Gasteiger charge is -2.40. The van der Waals surface area contributed by atoms with Crippen LogP contribution in [0.5, 0.6) is 0 Å². The molecule has 4 aromatic carbocycles. The Morgan fingerprint density at radius 2 is 1.34 bits per heavy atom. The number of aromatic nitrogens is 1. The van der Waals surface area contributed by atoms with Crippen LogP contribution in [0.15, 0.2) is 85.1 Å². The van der Waals surface area contributed by atoms with Crippen molar-refractivity contribution >= 4 is 17.1 Å². The molecule has 2 aliphatic carbocycles. The second kappa shape index (κ2) is 6.28. The summed E-state index contributed by atoms with van der Waals surface area (Å²) in [5, 5.41) is 0. The highest BCUT2D eigenvalue weighted by Gasteiger charge is 2.37. The summed E-state index contributed by atoms with van der Waals surface area (Å²) in [5.74, 6) is 0. The summed E-state index contributed by atoms with van der Waals surface area (Å²) in [7, 11) is 0. The van der Waals surface area contributed by atoms with Gasteiger partial charge in [0.15, 0.2) is 0 Å². The van der Waals surface area contributed by atoms with Gasteiger partial charge in [0.1, 0.15) is 0 Å². The standard InChI is InChI=1S/C33H22N2/c1-3-8-24-19(6-1)14-21-11-12-25-26(31(21)24)17-22-15-23-18-28-30(10-5-13-34-28)35-29-9-4-2-7-20(29)16-27(32(22)25)33(23)35/h1-13,15H,14,16-18H2. The lowest BCUT2D eigenvalue weighted by atomic mass is 9.83. The van der Waals surface area contributed by atoms with Gasteiger partial charge < -0.3 is 4.90 Å². The van der Waals surface area contributed by atoms with Gasteiger partial charge in [-0.3, -0.25) is 4.98 Å². The third-order valence-electron chi connectivity index (χ3n) is 8.55. The van der Waals surface area contributed by atoms with Crippen molar-refractivity contribution in [2.24, 2.45) is 0 Å². The van der Waals surface area contributed by atoms with Crippen LogP contribution in [0.3, 0.4) is 0 Å². The summed E-state index contributed by atoms with van der Waals surface area (Å²) in [5.41, 5.74) is 21.3. The van der Waals surface area contributed by atoms with Gasteiger partial charge in [-0.1, -0.05) is 60.7 Å². The third-order valence-corrected chi connectivity index (χ3v) is 8.55. The first kappa shape index (κ1) is 18.2. The van der Waals surface area contributed by atoms with Crippen LogP contribution in [0.4, 0.5) is 17.1 Å². The van der Waals surface area contributed by atoms with Gasteiger partial charge in [0.2, 0.25) is 0 Å². The van der Waals surface area contributed by atoms with E-state index in [1.165, 1.54) is 84.0 Å². The molecule has 5 aromatic rings. The molecule has 0 saturated heterocycles. The van der Waals surface area contributed by atoms with E-state index in [-0.39, 0.29) is 0 Å². The first-order valence-electron chi connectivity index (χ1n) is 12.6. The molecule has 35 heavy (non-hydrogen) atoms. The summed E-state index contributed by atoms with van der Waals surface area (Å²) in [6.45, 7) is 0. The molecule has 0 spiro atoms. The zero-order valence-corrected chi connectivity index (χ0v) is 19.3. The van der Waals surface area contributed by atoms with E-state index < -0.39 is 0 Å². The van der Waals surface area contributed by atoms with E-state index in [0.717, 1.165) is 25.7 Å². The van der Waals surface area contributed by atoms with E-state index >= 15 is 0 Å². The van der Waals surface area contributed by atoms with Crippen molar-refractivity contribution in [2.75, 3.05) is 4.90 Å². The van der Waals surface area contributed by atoms with E-state index in [1.54, 1.807) is 0 Å². The number of hydrogen-bond acceptors (Lipinski definition) is 2. The van der Waals surface area contributed by atoms with Crippen LogP contribution in [-0.4, -0.2) is 4.98 Å². The second-order valence-corrected chi connectivity index (χ2v) is 10.3. The van der Waals surface area contributed by atoms with Crippen molar-refractivity contribution in [3.8, 4) is 22.3 Å². The van der Waals surface area contributed by atoms with Crippen molar-refractivity contribution in [2.45, 2.75) is 25.7 Å². The maximum absolute atomic E-state index is 4.81. The molecule has 0 saturated carbocycles. The average Bonchev–Trinajstić information content (AvgIpc) is 3.46. The Labute approximate surface area is 204 Å². The molecule has 0 radical (unpaired) electrons. The number of fused-ring (bicyclic) bond motifs is 12. The quantitative estimate of drug-likeness (QED) is 0.240. The van der Waals surface area contributed by atoms with E-state index in [1.807, 2.05) is 6.20 Å². The number of hydrogen-bond donors (Lipinski definition) is 0. The SMILES string of the molecule is c1ccc2c(c1)Cc1ccc3c(c1-2)Cc1cc2c4c(c1-3)Cc1ccccc1N4c1cccnc1C2. The Hall–Kier alpha value is -4.17. The molecule has 2 nitrogen and oxygen atoms in total. The highest BCUT2D eigenvalue weighted by atomic mass is 15.2. The van der Waals surface area contributed by atoms with E-state index in [0.29, 0.717) is 0 Å². The molecule has 0 atom stereocenters. The van der Waals surface area contributed by atoms with Gasteiger partial charge >= 0.3 is 0 Å². The number of benzene rings is 4. The number of para-hydroxylation sites is 1. The van der Waals surface area contributed by atoms with Crippen LogP contribution in [0.25, 0.3) is 22.3 Å². The molecule has 0 amide bonds. The molecule has 0 N–H and O–H groups in total. The maximum atomic E-state index is 4.81. The average molecular weight is 447 g/mol. The third kappa shape index (κ3) is 2.23. The highest BCUT2D eigenvalue weighted by molar-refractivity contribution is 5.97. The molecule has 2 aliphatic heterocycles. The van der Waals surface area contributed by atoms with Crippen molar-refractivity contribution in [3.63, 3.8) is 0 Å². The molecular weight excluding hydrogens is 424 g/mol. The fourth-order valence-corrected chi connectivity index (χ4v) is 7.22. The molecule has 0 bridgehead atoms. The molecule has 9 rings (SSSR count). The Morgan fingerprint density at radius 3 is 2.31 bits per heavy atom.